The van der Waals surface area contributed by atoms with Crippen molar-refractivity contribution in [3.05, 3.63) is 23.8 Å². The van der Waals surface area contributed by atoms with E-state index < -0.39 is 11.7 Å². The third-order valence-electron chi connectivity index (χ3n) is 5.48. The Bertz CT molecular complexity index is 466. The molecule has 4 heteroatoms. The fourth-order valence-electron chi connectivity index (χ4n) is 3.63. The summed E-state index contributed by atoms with van der Waals surface area (Å²) in [6.45, 7) is 10.5. The first-order chi connectivity index (χ1) is 10.6. The molecule has 0 radical (unpaired) electrons. The molecule has 24 heavy (non-hydrogen) atoms. The van der Waals surface area contributed by atoms with Gasteiger partial charge in [-0.2, -0.15) is 0 Å². The highest BCUT2D eigenvalue weighted by Gasteiger charge is 2.55. The van der Waals surface area contributed by atoms with E-state index in [1.807, 2.05) is 6.08 Å². The van der Waals surface area contributed by atoms with Crippen LogP contribution < -0.4 is 0 Å². The molecular formula is C20H36O4. The Hall–Kier alpha value is -0.680. The largest absolute Gasteiger partial charge is 0.412 e. The molecule has 0 unspecified atom stereocenters. The second-order valence-corrected chi connectivity index (χ2v) is 8.37. The summed E-state index contributed by atoms with van der Waals surface area (Å²) in [5.41, 5.74) is 0.198. The highest BCUT2D eigenvalue weighted by molar-refractivity contribution is 5.10. The Morgan fingerprint density at radius 3 is 2.58 bits per heavy atom. The second-order valence-electron chi connectivity index (χ2n) is 8.37. The van der Waals surface area contributed by atoms with E-state index in [2.05, 4.69) is 39.8 Å². The van der Waals surface area contributed by atoms with E-state index in [1.165, 1.54) is 5.57 Å². The Balaban J connectivity index is 0.00000288. The van der Waals surface area contributed by atoms with Crippen molar-refractivity contribution in [2.45, 2.75) is 90.1 Å². The summed E-state index contributed by atoms with van der Waals surface area (Å²) in [6, 6.07) is 0. The number of allylic oxidation sites excluding steroid dienone is 3. The molecule has 140 valence electrons. The molecular weight excluding hydrogens is 304 g/mol. The van der Waals surface area contributed by atoms with Crippen LogP contribution in [0.3, 0.4) is 0 Å². The van der Waals surface area contributed by atoms with Gasteiger partial charge in [-0.15, -0.1) is 0 Å². The minimum atomic E-state index is -0.992. The number of hydrogen-bond donors (Lipinski definition) is 2. The zero-order valence-corrected chi connectivity index (χ0v) is 15.9. The van der Waals surface area contributed by atoms with Crippen LogP contribution in [0.4, 0.5) is 0 Å². The molecule has 0 aromatic carbocycles. The lowest BCUT2D eigenvalue weighted by molar-refractivity contribution is 0.0275. The van der Waals surface area contributed by atoms with Crippen molar-refractivity contribution in [3.8, 4) is 0 Å². The topological polar surface area (TPSA) is 84.5 Å². The van der Waals surface area contributed by atoms with Gasteiger partial charge in [-0.05, 0) is 58.3 Å². The second kappa shape index (κ2) is 8.13. The van der Waals surface area contributed by atoms with Crippen LogP contribution in [0.15, 0.2) is 23.8 Å². The van der Waals surface area contributed by atoms with Gasteiger partial charge in [0.2, 0.25) is 0 Å². The maximum atomic E-state index is 10.6. The van der Waals surface area contributed by atoms with E-state index in [4.69, 9.17) is 4.74 Å². The standard InChI is InChI=1S/C20H34O3.H2O/c1-14(2)16-9-8-15(3)7-6-11-20(5)18(23-20)17(21)13-19(4,22)12-10-16;/h7,10,12,14,16-18,21-22H,6,8-9,11,13H2,1-5H3;1H2/b12-10+,15-7+;/t16-,17-,18+,19-,20+;/m1./s1. The SMILES string of the molecule is C/C1=C\CC[C@]2(C)O[C@H]2[C@H](O)C[C@](C)(O)/C=C/[C@H](C(C)C)CC1.O. The van der Waals surface area contributed by atoms with Gasteiger partial charge < -0.3 is 20.4 Å². The lowest BCUT2D eigenvalue weighted by atomic mass is 9.85. The fraction of sp³-hybridized carbons (Fsp3) is 0.800. The highest BCUT2D eigenvalue weighted by Crippen LogP contribution is 2.44. The molecule has 1 fully saturated rings. The number of fused-ring (bicyclic) bond motifs is 1. The molecule has 0 aromatic rings. The van der Waals surface area contributed by atoms with Crippen molar-refractivity contribution in [2.75, 3.05) is 0 Å². The first-order valence-electron chi connectivity index (χ1n) is 9.06. The van der Waals surface area contributed by atoms with Crippen molar-refractivity contribution >= 4 is 0 Å². The van der Waals surface area contributed by atoms with Crippen molar-refractivity contribution < 1.29 is 20.4 Å². The molecule has 2 aliphatic rings. The molecule has 0 spiro atoms. The van der Waals surface area contributed by atoms with Gasteiger partial charge in [-0.1, -0.05) is 37.6 Å². The number of aliphatic hydroxyl groups excluding tert-OH is 1. The minimum absolute atomic E-state index is 0. The monoisotopic (exact) mass is 340 g/mol. The predicted octanol–water partition coefficient (Wildman–Crippen LogP) is 3.17. The molecule has 1 heterocycles. The third-order valence-corrected chi connectivity index (χ3v) is 5.48. The molecule has 5 atom stereocenters. The Morgan fingerprint density at radius 2 is 1.96 bits per heavy atom. The van der Waals surface area contributed by atoms with Crippen LogP contribution in [0.25, 0.3) is 0 Å². The quantitative estimate of drug-likeness (QED) is 0.568. The van der Waals surface area contributed by atoms with Gasteiger partial charge in [-0.25, -0.2) is 0 Å². The third kappa shape index (κ3) is 5.69. The van der Waals surface area contributed by atoms with Crippen LogP contribution in [-0.2, 0) is 4.74 Å². The van der Waals surface area contributed by atoms with Gasteiger partial charge >= 0.3 is 0 Å². The molecule has 0 saturated carbocycles. The van der Waals surface area contributed by atoms with E-state index in [-0.39, 0.29) is 17.2 Å². The maximum absolute atomic E-state index is 10.6. The predicted molar refractivity (Wildman–Crippen MR) is 97.8 cm³/mol. The summed E-state index contributed by atoms with van der Waals surface area (Å²) in [7, 11) is 0. The van der Waals surface area contributed by atoms with Crippen molar-refractivity contribution in [3.63, 3.8) is 0 Å². The Morgan fingerprint density at radius 1 is 1.29 bits per heavy atom. The van der Waals surface area contributed by atoms with Gasteiger partial charge in [0.25, 0.3) is 0 Å². The highest BCUT2D eigenvalue weighted by atomic mass is 16.6. The van der Waals surface area contributed by atoms with Crippen molar-refractivity contribution in [1.82, 2.24) is 0 Å². The Labute approximate surface area is 146 Å². The van der Waals surface area contributed by atoms with Gasteiger partial charge in [-0.3, -0.25) is 0 Å². The molecule has 0 bridgehead atoms. The fourth-order valence-corrected chi connectivity index (χ4v) is 3.63. The number of rotatable bonds is 1. The van der Waals surface area contributed by atoms with Gasteiger partial charge in [0.1, 0.15) is 6.10 Å². The number of hydrogen-bond acceptors (Lipinski definition) is 3. The van der Waals surface area contributed by atoms with E-state index in [0.717, 1.165) is 25.7 Å². The molecule has 4 N–H and O–H groups in total. The van der Waals surface area contributed by atoms with Crippen LogP contribution in [0.1, 0.15) is 66.7 Å². The zero-order chi connectivity index (χ0) is 17.3. The van der Waals surface area contributed by atoms with Gasteiger partial charge in [0.05, 0.1) is 17.3 Å². The molecule has 0 amide bonds. The minimum Gasteiger partial charge on any atom is -0.412 e. The Kier molecular flexibility index (Phi) is 7.24. The molecule has 0 aromatic heterocycles. The van der Waals surface area contributed by atoms with E-state index in [0.29, 0.717) is 18.3 Å². The normalized spacial score (nSPS) is 44.5. The summed E-state index contributed by atoms with van der Waals surface area (Å²) in [4.78, 5) is 0. The summed E-state index contributed by atoms with van der Waals surface area (Å²) in [5, 5.41) is 21.0. The van der Waals surface area contributed by atoms with Crippen LogP contribution >= 0.6 is 0 Å². The smallest absolute Gasteiger partial charge is 0.113 e. The lowest BCUT2D eigenvalue weighted by Gasteiger charge is -2.25. The first-order valence-corrected chi connectivity index (χ1v) is 9.06. The maximum Gasteiger partial charge on any atom is 0.113 e. The number of epoxide rings is 1. The summed E-state index contributed by atoms with van der Waals surface area (Å²) in [5.74, 6) is 0.995. The number of ether oxygens (including phenoxy) is 1. The summed E-state index contributed by atoms with van der Waals surface area (Å²) < 4.78 is 5.77. The van der Waals surface area contributed by atoms with Crippen molar-refractivity contribution in [1.29, 1.82) is 0 Å². The molecule has 2 rings (SSSR count). The zero-order valence-electron chi connectivity index (χ0n) is 15.9. The summed E-state index contributed by atoms with van der Waals surface area (Å²) >= 11 is 0. The van der Waals surface area contributed by atoms with E-state index in [1.54, 1.807) is 6.92 Å². The average molecular weight is 341 g/mol. The molecule has 4 nitrogen and oxygen atoms in total. The van der Waals surface area contributed by atoms with Crippen molar-refractivity contribution in [2.24, 2.45) is 11.8 Å². The van der Waals surface area contributed by atoms with Crippen LogP contribution in [0.2, 0.25) is 0 Å². The lowest BCUT2D eigenvalue weighted by Crippen LogP contribution is -2.33. The molecule has 1 saturated heterocycles. The number of aliphatic hydroxyl groups is 2. The van der Waals surface area contributed by atoms with Crippen LogP contribution in [0.5, 0.6) is 0 Å². The first kappa shape index (κ1) is 21.4. The van der Waals surface area contributed by atoms with Gasteiger partial charge in [0, 0.05) is 6.42 Å². The molecule has 1 aliphatic carbocycles. The van der Waals surface area contributed by atoms with Crippen LogP contribution in [0, 0.1) is 11.8 Å². The summed E-state index contributed by atoms with van der Waals surface area (Å²) in [6.07, 6.45) is 10.0. The molecule has 1 aliphatic heterocycles. The van der Waals surface area contributed by atoms with E-state index in [9.17, 15) is 10.2 Å². The van der Waals surface area contributed by atoms with Gasteiger partial charge in [0.15, 0.2) is 0 Å². The van der Waals surface area contributed by atoms with E-state index >= 15 is 0 Å². The van der Waals surface area contributed by atoms with Crippen LogP contribution in [-0.4, -0.2) is 39.1 Å². The average Bonchev–Trinajstić information content (AvgIpc) is 3.09.